The van der Waals surface area contributed by atoms with Crippen molar-refractivity contribution < 1.29 is 17.9 Å². The van der Waals surface area contributed by atoms with E-state index in [-0.39, 0.29) is 5.75 Å². The molecule has 1 aromatic carbocycles. The average Bonchev–Trinajstić information content (AvgIpc) is 2.85. The van der Waals surface area contributed by atoms with E-state index in [1.54, 1.807) is 12.1 Å². The first-order chi connectivity index (χ1) is 9.54. The Hall–Kier alpha value is -1.89. The van der Waals surface area contributed by atoms with E-state index in [0.29, 0.717) is 22.4 Å². The Morgan fingerprint density at radius 2 is 2.05 bits per heavy atom. The predicted octanol–water partition coefficient (Wildman–Crippen LogP) is 4.01. The third kappa shape index (κ3) is 4.06. The Bertz CT molecular complexity index is 584. The van der Waals surface area contributed by atoms with Gasteiger partial charge in [0.05, 0.1) is 0 Å². The summed E-state index contributed by atoms with van der Waals surface area (Å²) in [6.07, 6.45) is 0. The lowest BCUT2D eigenvalue weighted by Gasteiger charge is -2.03. The van der Waals surface area contributed by atoms with Crippen LogP contribution in [0.5, 0.6) is 5.75 Å². The van der Waals surface area contributed by atoms with E-state index < -0.39 is 6.61 Å². The number of benzene rings is 1. The maximum absolute atomic E-state index is 12.0. The van der Waals surface area contributed by atoms with Gasteiger partial charge in [0.15, 0.2) is 0 Å². The van der Waals surface area contributed by atoms with Gasteiger partial charge in [-0.3, -0.25) is 0 Å². The highest BCUT2D eigenvalue weighted by Crippen LogP contribution is 2.25. The van der Waals surface area contributed by atoms with Crippen molar-refractivity contribution in [2.75, 3.05) is 5.75 Å². The van der Waals surface area contributed by atoms with Gasteiger partial charge in [-0.15, -0.1) is 10.2 Å². The van der Waals surface area contributed by atoms with Gasteiger partial charge >= 0.3 is 6.61 Å². The molecule has 0 aliphatic heterocycles. The third-order valence-corrected chi connectivity index (χ3v) is 3.22. The lowest BCUT2D eigenvalue weighted by molar-refractivity contribution is -0.0498. The van der Waals surface area contributed by atoms with Crippen molar-refractivity contribution in [2.45, 2.75) is 18.8 Å². The second-order valence-electron chi connectivity index (χ2n) is 4.02. The summed E-state index contributed by atoms with van der Waals surface area (Å²) in [6.45, 7) is 2.85. The number of ether oxygens (including phenoxy) is 1. The lowest BCUT2D eigenvalue weighted by atomic mass is 10.2. The molecule has 1 aromatic heterocycles. The summed E-state index contributed by atoms with van der Waals surface area (Å²) in [4.78, 5) is 0. The van der Waals surface area contributed by atoms with E-state index >= 15 is 0 Å². The molecule has 0 N–H and O–H groups in total. The minimum atomic E-state index is -2.84. The lowest BCUT2D eigenvalue weighted by Crippen LogP contribution is -2.01. The number of thioether (sulfide) groups is 1. The Morgan fingerprint density at radius 1 is 1.35 bits per heavy atom. The van der Waals surface area contributed by atoms with Crippen molar-refractivity contribution in [1.29, 1.82) is 0 Å². The molecule has 0 amide bonds. The summed E-state index contributed by atoms with van der Waals surface area (Å²) in [6, 6.07) is 6.01. The van der Waals surface area contributed by atoms with E-state index in [4.69, 9.17) is 4.42 Å². The first-order valence-electron chi connectivity index (χ1n) is 5.70. The van der Waals surface area contributed by atoms with Gasteiger partial charge in [0, 0.05) is 11.3 Å². The fourth-order valence-corrected chi connectivity index (χ4v) is 1.95. The van der Waals surface area contributed by atoms with Crippen molar-refractivity contribution >= 4 is 11.8 Å². The second kappa shape index (κ2) is 6.51. The van der Waals surface area contributed by atoms with Gasteiger partial charge in [-0.25, -0.2) is 0 Å². The van der Waals surface area contributed by atoms with E-state index in [0.717, 1.165) is 5.57 Å². The molecule has 0 aliphatic carbocycles. The molecule has 106 valence electrons. The molecule has 2 aromatic rings. The Morgan fingerprint density at radius 3 is 2.65 bits per heavy atom. The van der Waals surface area contributed by atoms with E-state index in [2.05, 4.69) is 21.5 Å². The summed E-state index contributed by atoms with van der Waals surface area (Å²) in [7, 11) is 0. The van der Waals surface area contributed by atoms with Crippen LogP contribution in [0.4, 0.5) is 8.78 Å². The van der Waals surface area contributed by atoms with Crippen LogP contribution in [0.1, 0.15) is 6.92 Å². The molecule has 20 heavy (non-hydrogen) atoms. The van der Waals surface area contributed by atoms with Crippen molar-refractivity contribution in [3.05, 3.63) is 36.4 Å². The molecule has 4 nitrogen and oxygen atoms in total. The summed E-state index contributed by atoms with van der Waals surface area (Å²) < 4.78 is 33.8. The summed E-state index contributed by atoms with van der Waals surface area (Å²) in [5, 5.41) is 8.23. The van der Waals surface area contributed by atoms with Gasteiger partial charge in [0.1, 0.15) is 5.75 Å². The standard InChI is InChI=1S/C13H12F2N2O2S/c1-8(2)7-20-13-17-16-11(19-13)9-3-5-10(6-4-9)18-12(14)15/h3-6,12H,1,7H2,2H3. The smallest absolute Gasteiger partial charge is 0.387 e. The monoisotopic (exact) mass is 298 g/mol. The molecular formula is C13H12F2N2O2S. The van der Waals surface area contributed by atoms with Crippen molar-refractivity contribution in [1.82, 2.24) is 10.2 Å². The van der Waals surface area contributed by atoms with Crippen LogP contribution in [-0.2, 0) is 0 Å². The van der Waals surface area contributed by atoms with Gasteiger partial charge in [-0.1, -0.05) is 23.9 Å². The molecule has 7 heteroatoms. The van der Waals surface area contributed by atoms with Crippen molar-refractivity contribution in [3.63, 3.8) is 0 Å². The predicted molar refractivity (Wildman–Crippen MR) is 71.9 cm³/mol. The number of aromatic nitrogens is 2. The first kappa shape index (κ1) is 14.5. The Labute approximate surface area is 118 Å². The molecule has 1 heterocycles. The average molecular weight is 298 g/mol. The van der Waals surface area contributed by atoms with Gasteiger partial charge in [0.25, 0.3) is 5.22 Å². The van der Waals surface area contributed by atoms with Crippen LogP contribution in [0.25, 0.3) is 11.5 Å². The highest BCUT2D eigenvalue weighted by Gasteiger charge is 2.10. The van der Waals surface area contributed by atoms with E-state index in [1.807, 2.05) is 6.92 Å². The van der Waals surface area contributed by atoms with E-state index in [1.165, 1.54) is 23.9 Å². The maximum atomic E-state index is 12.0. The zero-order valence-corrected chi connectivity index (χ0v) is 11.5. The molecule has 0 spiro atoms. The fraction of sp³-hybridized carbons (Fsp3) is 0.231. The highest BCUT2D eigenvalue weighted by molar-refractivity contribution is 7.99. The van der Waals surface area contributed by atoms with Crippen LogP contribution in [0.15, 0.2) is 46.1 Å². The molecule has 0 fully saturated rings. The van der Waals surface area contributed by atoms with Crippen molar-refractivity contribution in [3.8, 4) is 17.2 Å². The van der Waals surface area contributed by atoms with Crippen LogP contribution < -0.4 is 4.74 Å². The third-order valence-electron chi connectivity index (χ3n) is 2.17. The minimum Gasteiger partial charge on any atom is -0.435 e. The number of halogens is 2. The maximum Gasteiger partial charge on any atom is 0.387 e. The van der Waals surface area contributed by atoms with Crippen LogP contribution in [0.2, 0.25) is 0 Å². The highest BCUT2D eigenvalue weighted by atomic mass is 32.2. The largest absolute Gasteiger partial charge is 0.435 e. The van der Waals surface area contributed by atoms with Crippen LogP contribution in [-0.4, -0.2) is 22.6 Å². The first-order valence-corrected chi connectivity index (χ1v) is 6.69. The normalized spacial score (nSPS) is 10.8. The second-order valence-corrected chi connectivity index (χ2v) is 4.95. The number of hydrogen-bond acceptors (Lipinski definition) is 5. The summed E-state index contributed by atoms with van der Waals surface area (Å²) in [5.74, 6) is 1.11. The van der Waals surface area contributed by atoms with Crippen LogP contribution in [0, 0.1) is 0 Å². The van der Waals surface area contributed by atoms with Gasteiger partial charge in [-0.05, 0) is 31.2 Å². The minimum absolute atomic E-state index is 0.0835. The zero-order valence-electron chi connectivity index (χ0n) is 10.7. The molecule has 0 atom stereocenters. The Balaban J connectivity index is 2.06. The molecule has 2 rings (SSSR count). The van der Waals surface area contributed by atoms with Gasteiger partial charge < -0.3 is 9.15 Å². The number of rotatable bonds is 6. The van der Waals surface area contributed by atoms with Crippen LogP contribution in [0.3, 0.4) is 0 Å². The quantitative estimate of drug-likeness (QED) is 0.596. The Kier molecular flexibility index (Phi) is 4.73. The molecule has 0 radical (unpaired) electrons. The van der Waals surface area contributed by atoms with Crippen LogP contribution >= 0.6 is 11.8 Å². The molecule has 0 bridgehead atoms. The summed E-state index contributed by atoms with van der Waals surface area (Å²) >= 11 is 1.39. The fourth-order valence-electron chi connectivity index (χ4n) is 1.35. The summed E-state index contributed by atoms with van der Waals surface area (Å²) in [5.41, 5.74) is 1.64. The number of hydrogen-bond donors (Lipinski definition) is 0. The number of nitrogens with zero attached hydrogens (tertiary/aromatic N) is 2. The van der Waals surface area contributed by atoms with Gasteiger partial charge in [-0.2, -0.15) is 8.78 Å². The van der Waals surface area contributed by atoms with Crippen molar-refractivity contribution in [2.24, 2.45) is 0 Å². The van der Waals surface area contributed by atoms with E-state index in [9.17, 15) is 8.78 Å². The molecule has 0 unspecified atom stereocenters. The topological polar surface area (TPSA) is 48.2 Å². The van der Waals surface area contributed by atoms with Gasteiger partial charge in [0.2, 0.25) is 5.89 Å². The molecule has 0 aliphatic rings. The SMILES string of the molecule is C=C(C)CSc1nnc(-c2ccc(OC(F)F)cc2)o1. The molecule has 0 saturated carbocycles. The number of alkyl halides is 2. The molecular weight excluding hydrogens is 286 g/mol. The zero-order chi connectivity index (χ0) is 14.5. The molecule has 0 saturated heterocycles.